The Balaban J connectivity index is 1.27. The number of likely N-dealkylation sites (tertiary alicyclic amines) is 1. The molecule has 2 heterocycles. The third-order valence-electron chi connectivity index (χ3n) is 4.98. The van der Waals surface area contributed by atoms with Gasteiger partial charge in [-0.1, -0.05) is 30.3 Å². The summed E-state index contributed by atoms with van der Waals surface area (Å²) in [4.78, 5) is 14.4. The standard InChI is InChI=1S/C18H22N4O/c23-18(20-17-13-16(17)14-5-2-1-3-6-14)21-11-7-15(8-12-21)22-10-4-9-19-22/h1-6,9-10,15-17H,7-8,11-13H2,(H,20,23)/t16-,17+/m0/s1. The van der Waals surface area contributed by atoms with Crippen molar-refractivity contribution in [1.82, 2.24) is 20.0 Å². The molecule has 2 atom stereocenters. The summed E-state index contributed by atoms with van der Waals surface area (Å²) < 4.78 is 2.02. The van der Waals surface area contributed by atoms with E-state index in [9.17, 15) is 4.79 Å². The molecule has 1 aromatic carbocycles. The summed E-state index contributed by atoms with van der Waals surface area (Å²) in [5, 5.41) is 7.50. The number of nitrogens with zero attached hydrogens (tertiary/aromatic N) is 3. The van der Waals surface area contributed by atoms with Crippen molar-refractivity contribution in [2.24, 2.45) is 0 Å². The molecule has 2 aliphatic rings. The number of piperidine rings is 1. The normalized spacial score (nSPS) is 24.4. The second-order valence-corrected chi connectivity index (χ2v) is 6.51. The van der Waals surface area contributed by atoms with Gasteiger partial charge in [-0.05, 0) is 30.9 Å². The second-order valence-electron chi connectivity index (χ2n) is 6.51. The molecule has 0 unspecified atom stereocenters. The van der Waals surface area contributed by atoms with Crippen LogP contribution in [0.2, 0.25) is 0 Å². The number of nitrogens with one attached hydrogen (secondary N) is 1. The van der Waals surface area contributed by atoms with Crippen molar-refractivity contribution in [2.75, 3.05) is 13.1 Å². The maximum Gasteiger partial charge on any atom is 0.317 e. The lowest BCUT2D eigenvalue weighted by Crippen LogP contribution is -2.45. The third-order valence-corrected chi connectivity index (χ3v) is 4.98. The van der Waals surface area contributed by atoms with Crippen LogP contribution in [0.4, 0.5) is 4.79 Å². The zero-order valence-corrected chi connectivity index (χ0v) is 13.1. The number of rotatable bonds is 3. The maximum absolute atomic E-state index is 12.4. The van der Waals surface area contributed by atoms with Gasteiger partial charge < -0.3 is 10.2 Å². The molecule has 0 bridgehead atoms. The molecule has 0 spiro atoms. The van der Waals surface area contributed by atoms with E-state index in [0.29, 0.717) is 18.0 Å². The lowest BCUT2D eigenvalue weighted by Gasteiger charge is -2.32. The van der Waals surface area contributed by atoms with Crippen LogP contribution in [0, 0.1) is 0 Å². The molecule has 1 aliphatic carbocycles. The van der Waals surface area contributed by atoms with Crippen LogP contribution < -0.4 is 5.32 Å². The Hall–Kier alpha value is -2.30. The van der Waals surface area contributed by atoms with Crippen molar-refractivity contribution >= 4 is 6.03 Å². The van der Waals surface area contributed by atoms with Crippen LogP contribution in [0.3, 0.4) is 0 Å². The monoisotopic (exact) mass is 310 g/mol. The van der Waals surface area contributed by atoms with Gasteiger partial charge in [-0.3, -0.25) is 4.68 Å². The predicted octanol–water partition coefficient (Wildman–Crippen LogP) is 2.79. The average Bonchev–Trinajstić information content (AvgIpc) is 3.15. The third kappa shape index (κ3) is 3.09. The summed E-state index contributed by atoms with van der Waals surface area (Å²) in [6, 6.07) is 13.2. The van der Waals surface area contributed by atoms with Crippen molar-refractivity contribution in [3.63, 3.8) is 0 Å². The Morgan fingerprint density at radius 1 is 1.13 bits per heavy atom. The molecular formula is C18H22N4O. The Morgan fingerprint density at radius 2 is 1.91 bits per heavy atom. The molecule has 2 aromatic rings. The van der Waals surface area contributed by atoms with Crippen LogP contribution in [0.25, 0.3) is 0 Å². The van der Waals surface area contributed by atoms with Gasteiger partial charge in [0.25, 0.3) is 0 Å². The average molecular weight is 310 g/mol. The fourth-order valence-corrected chi connectivity index (χ4v) is 3.50. The summed E-state index contributed by atoms with van der Waals surface area (Å²) in [6.45, 7) is 1.61. The van der Waals surface area contributed by atoms with Crippen molar-refractivity contribution in [3.05, 3.63) is 54.4 Å². The Labute approximate surface area is 136 Å². The van der Waals surface area contributed by atoms with Gasteiger partial charge in [0.2, 0.25) is 0 Å². The first-order chi connectivity index (χ1) is 11.3. The summed E-state index contributed by atoms with van der Waals surface area (Å²) in [5.74, 6) is 0.488. The highest BCUT2D eigenvalue weighted by Crippen LogP contribution is 2.40. The highest BCUT2D eigenvalue weighted by atomic mass is 16.2. The Kier molecular flexibility index (Phi) is 3.77. The molecule has 1 N–H and O–H groups in total. The number of benzene rings is 1. The minimum atomic E-state index is 0.0901. The topological polar surface area (TPSA) is 50.2 Å². The lowest BCUT2D eigenvalue weighted by molar-refractivity contribution is 0.168. The molecule has 1 saturated heterocycles. The quantitative estimate of drug-likeness (QED) is 0.947. The van der Waals surface area contributed by atoms with E-state index in [0.717, 1.165) is 32.4 Å². The second kappa shape index (κ2) is 6.07. The lowest BCUT2D eigenvalue weighted by atomic mass is 10.1. The molecular weight excluding hydrogens is 288 g/mol. The van der Waals surface area contributed by atoms with Gasteiger partial charge in [0.15, 0.2) is 0 Å². The smallest absolute Gasteiger partial charge is 0.317 e. The minimum absolute atomic E-state index is 0.0901. The molecule has 0 radical (unpaired) electrons. The highest BCUT2D eigenvalue weighted by molar-refractivity contribution is 5.75. The Bertz CT molecular complexity index is 647. The van der Waals surface area contributed by atoms with Gasteiger partial charge >= 0.3 is 6.03 Å². The first-order valence-electron chi connectivity index (χ1n) is 8.41. The van der Waals surface area contributed by atoms with Crippen molar-refractivity contribution in [1.29, 1.82) is 0 Å². The van der Waals surface area contributed by atoms with Crippen molar-refractivity contribution in [3.8, 4) is 0 Å². The molecule has 1 saturated carbocycles. The summed E-state index contributed by atoms with van der Waals surface area (Å²) in [6.07, 6.45) is 6.83. The SMILES string of the molecule is O=C(N[C@@H]1C[C@H]1c1ccccc1)N1CCC(n2cccn2)CC1. The van der Waals surface area contributed by atoms with E-state index in [2.05, 4.69) is 34.7 Å². The zero-order chi connectivity index (χ0) is 15.6. The zero-order valence-electron chi connectivity index (χ0n) is 13.1. The molecule has 2 fully saturated rings. The molecule has 1 aliphatic heterocycles. The van der Waals surface area contributed by atoms with Crippen LogP contribution in [0.1, 0.15) is 36.8 Å². The van der Waals surface area contributed by atoms with Gasteiger partial charge in [-0.25, -0.2) is 4.79 Å². The van der Waals surface area contributed by atoms with Crippen molar-refractivity contribution in [2.45, 2.75) is 37.3 Å². The van der Waals surface area contributed by atoms with Gasteiger partial charge in [-0.2, -0.15) is 5.10 Å². The molecule has 5 nitrogen and oxygen atoms in total. The van der Waals surface area contributed by atoms with Crippen LogP contribution in [-0.2, 0) is 0 Å². The largest absolute Gasteiger partial charge is 0.335 e. The highest BCUT2D eigenvalue weighted by Gasteiger charge is 2.40. The summed E-state index contributed by atoms with van der Waals surface area (Å²) in [7, 11) is 0. The van der Waals surface area contributed by atoms with Crippen LogP contribution in [-0.4, -0.2) is 39.8 Å². The first-order valence-corrected chi connectivity index (χ1v) is 8.41. The number of hydrogen-bond donors (Lipinski definition) is 1. The summed E-state index contributed by atoms with van der Waals surface area (Å²) in [5.41, 5.74) is 1.33. The van der Waals surface area contributed by atoms with E-state index in [1.54, 1.807) is 0 Å². The molecule has 23 heavy (non-hydrogen) atoms. The minimum Gasteiger partial charge on any atom is -0.335 e. The van der Waals surface area contributed by atoms with E-state index < -0.39 is 0 Å². The van der Waals surface area contributed by atoms with E-state index in [1.165, 1.54) is 5.56 Å². The predicted molar refractivity (Wildman–Crippen MR) is 88.2 cm³/mol. The van der Waals surface area contributed by atoms with Crippen LogP contribution >= 0.6 is 0 Å². The number of amides is 2. The molecule has 4 rings (SSSR count). The van der Waals surface area contributed by atoms with Crippen LogP contribution in [0.5, 0.6) is 0 Å². The van der Waals surface area contributed by atoms with E-state index in [-0.39, 0.29) is 6.03 Å². The van der Waals surface area contributed by atoms with E-state index in [4.69, 9.17) is 0 Å². The number of hydrogen-bond acceptors (Lipinski definition) is 2. The van der Waals surface area contributed by atoms with Crippen molar-refractivity contribution < 1.29 is 4.79 Å². The van der Waals surface area contributed by atoms with E-state index in [1.807, 2.05) is 34.1 Å². The molecule has 120 valence electrons. The van der Waals surface area contributed by atoms with Gasteiger partial charge in [0.05, 0.1) is 6.04 Å². The number of aromatic nitrogens is 2. The first kappa shape index (κ1) is 14.3. The summed E-state index contributed by atoms with van der Waals surface area (Å²) >= 11 is 0. The Morgan fingerprint density at radius 3 is 2.61 bits per heavy atom. The molecule has 1 aromatic heterocycles. The van der Waals surface area contributed by atoms with Gasteiger partial charge in [-0.15, -0.1) is 0 Å². The van der Waals surface area contributed by atoms with Gasteiger partial charge in [0.1, 0.15) is 0 Å². The van der Waals surface area contributed by atoms with E-state index >= 15 is 0 Å². The number of carbonyl (C=O) groups excluding carboxylic acids is 1. The molecule has 2 amide bonds. The van der Waals surface area contributed by atoms with Gasteiger partial charge in [0, 0.05) is 37.4 Å². The number of urea groups is 1. The maximum atomic E-state index is 12.4. The molecule has 5 heteroatoms. The van der Waals surface area contributed by atoms with Crippen LogP contribution in [0.15, 0.2) is 48.8 Å². The fraction of sp³-hybridized carbons (Fsp3) is 0.444. The number of carbonyl (C=O) groups is 1. The fourth-order valence-electron chi connectivity index (χ4n) is 3.50.